The molecule has 0 saturated heterocycles. The maximum Gasteiger partial charge on any atom is 0.338 e. The molecule has 198 valence electrons. The van der Waals surface area contributed by atoms with Crippen LogP contribution in [0.1, 0.15) is 116 Å². The van der Waals surface area contributed by atoms with Crippen LogP contribution in [0, 0.1) is 46.3 Å². The van der Waals surface area contributed by atoms with Gasteiger partial charge in [-0.15, -0.1) is 0 Å². The molecule has 1 aromatic rings. The third-order valence-electron chi connectivity index (χ3n) is 11.5. The molecule has 4 aliphatic rings. The fourth-order valence-corrected chi connectivity index (χ4v) is 9.40. The number of hydrogen-bond donors (Lipinski definition) is 0. The average molecular weight is 491 g/mol. The lowest BCUT2D eigenvalue weighted by Crippen LogP contribution is -2.50. The molecular weight excluding hydrogens is 440 g/mol. The molecular formula is C34H50O2. The summed E-state index contributed by atoms with van der Waals surface area (Å²) in [5.41, 5.74) is 3.41. The number of rotatable bonds is 7. The van der Waals surface area contributed by atoms with Crippen LogP contribution >= 0.6 is 0 Å². The van der Waals surface area contributed by atoms with E-state index in [0.29, 0.717) is 22.3 Å². The Labute approximate surface area is 220 Å². The smallest absolute Gasteiger partial charge is 0.338 e. The summed E-state index contributed by atoms with van der Waals surface area (Å²) in [6, 6.07) is 9.51. The number of ether oxygens (including phenoxy) is 1. The molecule has 5 rings (SSSR count). The molecule has 3 saturated carbocycles. The normalized spacial score (nSPS) is 38.5. The van der Waals surface area contributed by atoms with E-state index in [4.69, 9.17) is 4.74 Å². The monoisotopic (exact) mass is 490 g/mol. The summed E-state index contributed by atoms with van der Waals surface area (Å²) in [6.07, 6.45) is 17.0. The Balaban J connectivity index is 1.25. The van der Waals surface area contributed by atoms with Gasteiger partial charge in [-0.25, -0.2) is 4.79 Å². The minimum absolute atomic E-state index is 0.0714. The van der Waals surface area contributed by atoms with Crippen molar-refractivity contribution in [3.63, 3.8) is 0 Å². The van der Waals surface area contributed by atoms with Gasteiger partial charge < -0.3 is 4.74 Å². The highest BCUT2D eigenvalue weighted by Crippen LogP contribution is 2.67. The highest BCUT2D eigenvalue weighted by atomic mass is 16.5. The second-order valence-corrected chi connectivity index (χ2v) is 13.9. The van der Waals surface area contributed by atoms with Gasteiger partial charge >= 0.3 is 5.97 Å². The van der Waals surface area contributed by atoms with E-state index in [1.807, 2.05) is 35.9 Å². The van der Waals surface area contributed by atoms with Crippen molar-refractivity contribution >= 4 is 5.97 Å². The summed E-state index contributed by atoms with van der Waals surface area (Å²) < 4.78 is 6.02. The Morgan fingerprint density at radius 1 is 0.944 bits per heavy atom. The van der Waals surface area contributed by atoms with Crippen molar-refractivity contribution in [3.05, 3.63) is 47.5 Å². The Kier molecular flexibility index (Phi) is 7.45. The molecule has 0 N–H and O–H groups in total. The predicted molar refractivity (Wildman–Crippen MR) is 149 cm³/mol. The first-order valence-corrected chi connectivity index (χ1v) is 15.2. The van der Waals surface area contributed by atoms with Gasteiger partial charge in [0.05, 0.1) is 5.56 Å². The van der Waals surface area contributed by atoms with Crippen LogP contribution in [0.4, 0.5) is 0 Å². The molecule has 3 fully saturated rings. The molecule has 0 bridgehead atoms. The van der Waals surface area contributed by atoms with Crippen LogP contribution < -0.4 is 0 Å². The first kappa shape index (κ1) is 26.1. The number of esters is 1. The van der Waals surface area contributed by atoms with E-state index < -0.39 is 0 Å². The van der Waals surface area contributed by atoms with Gasteiger partial charge in [-0.2, -0.15) is 0 Å². The molecule has 0 heterocycles. The van der Waals surface area contributed by atoms with E-state index in [0.717, 1.165) is 42.4 Å². The number of carbonyl (C=O) groups is 1. The molecule has 0 amide bonds. The summed E-state index contributed by atoms with van der Waals surface area (Å²) in [6.45, 7) is 12.6. The quantitative estimate of drug-likeness (QED) is 0.281. The van der Waals surface area contributed by atoms with E-state index in [-0.39, 0.29) is 12.1 Å². The summed E-state index contributed by atoms with van der Waals surface area (Å²) >= 11 is 0. The lowest BCUT2D eigenvalue weighted by molar-refractivity contribution is -0.0523. The minimum atomic E-state index is -0.149. The van der Waals surface area contributed by atoms with Crippen LogP contribution in [-0.4, -0.2) is 12.1 Å². The molecule has 1 aromatic carbocycles. The van der Waals surface area contributed by atoms with Crippen molar-refractivity contribution in [2.75, 3.05) is 0 Å². The summed E-state index contributed by atoms with van der Waals surface area (Å²) in [5.74, 6) is 4.63. The van der Waals surface area contributed by atoms with E-state index in [9.17, 15) is 4.79 Å². The summed E-state index contributed by atoms with van der Waals surface area (Å²) in [7, 11) is 0. The van der Waals surface area contributed by atoms with Crippen molar-refractivity contribution < 1.29 is 9.53 Å². The van der Waals surface area contributed by atoms with Gasteiger partial charge in [0, 0.05) is 0 Å². The van der Waals surface area contributed by atoms with Crippen LogP contribution in [0.15, 0.2) is 42.0 Å². The fourth-order valence-electron chi connectivity index (χ4n) is 9.40. The SMILES string of the molecule is CC(C)CCC[C@@H](C)[C@H]1CC[C@H]2C3=CC[C@H]4C[C@@H](OC(=O)c5ccccc5)CC[C@]4(C)[C@H]3CC[C@]12C. The molecule has 8 atom stereocenters. The van der Waals surface area contributed by atoms with Gasteiger partial charge in [0.15, 0.2) is 0 Å². The largest absolute Gasteiger partial charge is 0.459 e. The lowest BCUT2D eigenvalue weighted by Gasteiger charge is -2.58. The number of benzene rings is 1. The van der Waals surface area contributed by atoms with Gasteiger partial charge in [0.25, 0.3) is 0 Å². The third kappa shape index (κ3) is 4.71. The summed E-state index contributed by atoms with van der Waals surface area (Å²) in [5, 5.41) is 0. The zero-order valence-corrected chi connectivity index (χ0v) is 23.6. The number of allylic oxidation sites excluding steroid dienone is 2. The molecule has 2 heteroatoms. The van der Waals surface area contributed by atoms with E-state index in [2.05, 4.69) is 40.7 Å². The van der Waals surface area contributed by atoms with E-state index >= 15 is 0 Å². The zero-order valence-electron chi connectivity index (χ0n) is 23.6. The van der Waals surface area contributed by atoms with Crippen LogP contribution in [0.2, 0.25) is 0 Å². The predicted octanol–water partition coefficient (Wildman–Crippen LogP) is 9.25. The zero-order chi connectivity index (χ0) is 25.5. The molecule has 0 unspecified atom stereocenters. The molecule has 4 aliphatic carbocycles. The Morgan fingerprint density at radius 3 is 2.42 bits per heavy atom. The van der Waals surface area contributed by atoms with E-state index in [1.165, 1.54) is 57.8 Å². The molecule has 36 heavy (non-hydrogen) atoms. The maximum atomic E-state index is 12.7. The maximum absolute atomic E-state index is 12.7. The molecule has 0 radical (unpaired) electrons. The van der Waals surface area contributed by atoms with Gasteiger partial charge in [-0.1, -0.05) is 83.7 Å². The van der Waals surface area contributed by atoms with Crippen LogP contribution in [0.5, 0.6) is 0 Å². The van der Waals surface area contributed by atoms with Crippen LogP contribution in [0.25, 0.3) is 0 Å². The Morgan fingerprint density at radius 2 is 1.67 bits per heavy atom. The number of carbonyl (C=O) groups excluding carboxylic acids is 1. The van der Waals surface area contributed by atoms with Crippen molar-refractivity contribution in [1.29, 1.82) is 0 Å². The van der Waals surface area contributed by atoms with Crippen molar-refractivity contribution in [1.82, 2.24) is 0 Å². The second kappa shape index (κ2) is 10.3. The van der Waals surface area contributed by atoms with Crippen molar-refractivity contribution in [2.24, 2.45) is 46.3 Å². The van der Waals surface area contributed by atoms with Crippen molar-refractivity contribution in [3.8, 4) is 0 Å². The van der Waals surface area contributed by atoms with Crippen molar-refractivity contribution in [2.45, 2.75) is 111 Å². The standard InChI is InChI=1S/C34H50O2/c1-23(2)10-9-11-24(3)29-16-17-30-28-15-14-26-22-27(36-32(35)25-12-7-6-8-13-25)18-20-33(26,4)31(28)19-21-34(29,30)5/h6-8,12-13,15,23-24,26-27,29-31H,9-11,14,16-22H2,1-5H3/t24-,26+,27+,29-,30+,31+,33+,34-/m1/s1. The highest BCUT2D eigenvalue weighted by Gasteiger charge is 2.58. The molecule has 0 spiro atoms. The molecule has 0 aromatic heterocycles. The topological polar surface area (TPSA) is 26.3 Å². The Hall–Kier alpha value is -1.57. The minimum Gasteiger partial charge on any atom is -0.459 e. The van der Waals surface area contributed by atoms with Gasteiger partial charge in [0.1, 0.15) is 6.10 Å². The lowest BCUT2D eigenvalue weighted by atomic mass is 9.47. The van der Waals surface area contributed by atoms with Crippen LogP contribution in [0.3, 0.4) is 0 Å². The molecule has 2 nitrogen and oxygen atoms in total. The van der Waals surface area contributed by atoms with Gasteiger partial charge in [-0.3, -0.25) is 0 Å². The fraction of sp³-hybridized carbons (Fsp3) is 0.735. The van der Waals surface area contributed by atoms with Gasteiger partial charge in [-0.05, 0) is 110 Å². The number of fused-ring (bicyclic) bond motifs is 5. The number of hydrogen-bond acceptors (Lipinski definition) is 2. The molecule has 0 aliphatic heterocycles. The van der Waals surface area contributed by atoms with E-state index in [1.54, 1.807) is 0 Å². The first-order chi connectivity index (χ1) is 17.2. The summed E-state index contributed by atoms with van der Waals surface area (Å²) in [4.78, 5) is 12.7. The van der Waals surface area contributed by atoms with Crippen LogP contribution in [-0.2, 0) is 4.74 Å². The average Bonchev–Trinajstić information content (AvgIpc) is 3.22. The second-order valence-electron chi connectivity index (χ2n) is 13.9. The first-order valence-electron chi connectivity index (χ1n) is 15.2. The third-order valence-corrected chi connectivity index (χ3v) is 11.5. The highest BCUT2D eigenvalue weighted by molar-refractivity contribution is 5.89. The Bertz CT molecular complexity index is 947. The van der Waals surface area contributed by atoms with Gasteiger partial charge in [0.2, 0.25) is 0 Å².